The van der Waals surface area contributed by atoms with Crippen molar-refractivity contribution >= 4 is 5.91 Å². The normalized spacial score (nSPS) is 13.4. The highest BCUT2D eigenvalue weighted by Crippen LogP contribution is 2.31. The molecule has 1 amide bonds. The standard InChI is InChI=1S/C16H28F3NO/c1-6-8-10-20(11-9-7-2)14(21)13(16(17,18)19)12-15(3,4)5/h12H,6-11H2,1-5H3/b13-12+. The quantitative estimate of drug-likeness (QED) is 0.609. The monoisotopic (exact) mass is 307 g/mol. The minimum Gasteiger partial charge on any atom is -0.339 e. The molecule has 21 heavy (non-hydrogen) atoms. The molecule has 0 fully saturated rings. The maximum absolute atomic E-state index is 13.2. The van der Waals surface area contributed by atoms with E-state index in [-0.39, 0.29) is 0 Å². The van der Waals surface area contributed by atoms with E-state index in [0.29, 0.717) is 13.1 Å². The van der Waals surface area contributed by atoms with Crippen LogP contribution in [-0.4, -0.2) is 30.1 Å². The number of carbonyl (C=O) groups is 1. The van der Waals surface area contributed by atoms with Gasteiger partial charge >= 0.3 is 6.18 Å². The molecule has 0 aliphatic carbocycles. The van der Waals surface area contributed by atoms with Gasteiger partial charge in [0.1, 0.15) is 5.57 Å². The zero-order valence-electron chi connectivity index (χ0n) is 13.8. The molecule has 0 unspecified atom stereocenters. The molecule has 0 aromatic rings. The highest BCUT2D eigenvalue weighted by atomic mass is 19.4. The van der Waals surface area contributed by atoms with Crippen LogP contribution in [0, 0.1) is 5.41 Å². The molecule has 5 heteroatoms. The van der Waals surface area contributed by atoms with E-state index in [0.717, 1.165) is 31.8 Å². The van der Waals surface area contributed by atoms with Gasteiger partial charge < -0.3 is 4.90 Å². The molecular weight excluding hydrogens is 279 g/mol. The second-order valence-electron chi connectivity index (χ2n) is 6.42. The first-order valence-corrected chi connectivity index (χ1v) is 7.62. The smallest absolute Gasteiger partial charge is 0.339 e. The number of nitrogens with zero attached hydrogens (tertiary/aromatic N) is 1. The highest BCUT2D eigenvalue weighted by Gasteiger charge is 2.41. The second kappa shape index (κ2) is 8.44. The lowest BCUT2D eigenvalue weighted by Crippen LogP contribution is -2.38. The Balaban J connectivity index is 5.34. The number of unbranched alkanes of at least 4 members (excludes halogenated alkanes) is 2. The summed E-state index contributed by atoms with van der Waals surface area (Å²) in [5, 5.41) is 0. The van der Waals surface area contributed by atoms with Crippen LogP contribution in [0.2, 0.25) is 0 Å². The fourth-order valence-electron chi connectivity index (χ4n) is 1.88. The molecule has 0 aliphatic rings. The van der Waals surface area contributed by atoms with Crippen molar-refractivity contribution in [2.24, 2.45) is 5.41 Å². The number of alkyl halides is 3. The Morgan fingerprint density at radius 1 is 1.00 bits per heavy atom. The molecule has 0 aromatic carbocycles. The number of hydrogen-bond donors (Lipinski definition) is 0. The van der Waals surface area contributed by atoms with Crippen molar-refractivity contribution in [3.63, 3.8) is 0 Å². The van der Waals surface area contributed by atoms with Gasteiger partial charge in [0.25, 0.3) is 5.91 Å². The van der Waals surface area contributed by atoms with E-state index in [2.05, 4.69) is 0 Å². The van der Waals surface area contributed by atoms with Crippen molar-refractivity contribution in [2.45, 2.75) is 66.5 Å². The van der Waals surface area contributed by atoms with E-state index in [9.17, 15) is 18.0 Å². The van der Waals surface area contributed by atoms with Gasteiger partial charge in [-0.25, -0.2) is 0 Å². The average molecular weight is 307 g/mol. The molecule has 0 atom stereocenters. The molecule has 0 saturated heterocycles. The number of allylic oxidation sites excluding steroid dienone is 1. The molecule has 2 nitrogen and oxygen atoms in total. The summed E-state index contributed by atoms with van der Waals surface area (Å²) in [4.78, 5) is 13.7. The summed E-state index contributed by atoms with van der Waals surface area (Å²) in [5.41, 5.74) is -1.73. The summed E-state index contributed by atoms with van der Waals surface area (Å²) >= 11 is 0. The minimum absolute atomic E-state index is 0.382. The zero-order valence-corrected chi connectivity index (χ0v) is 13.8. The van der Waals surface area contributed by atoms with E-state index < -0.39 is 23.1 Å². The lowest BCUT2D eigenvalue weighted by molar-refractivity contribution is -0.140. The third kappa shape index (κ3) is 8.12. The van der Waals surface area contributed by atoms with Crippen molar-refractivity contribution in [2.75, 3.05) is 13.1 Å². The fraction of sp³-hybridized carbons (Fsp3) is 0.812. The van der Waals surface area contributed by atoms with Crippen LogP contribution in [0.25, 0.3) is 0 Å². The Labute approximate surface area is 126 Å². The fourth-order valence-corrected chi connectivity index (χ4v) is 1.88. The van der Waals surface area contributed by atoms with Crippen molar-refractivity contribution in [3.8, 4) is 0 Å². The molecule has 0 radical (unpaired) electrons. The van der Waals surface area contributed by atoms with Crippen LogP contribution < -0.4 is 0 Å². The number of rotatable bonds is 7. The summed E-state index contributed by atoms with van der Waals surface area (Å²) in [6, 6.07) is 0. The first-order valence-electron chi connectivity index (χ1n) is 7.62. The topological polar surface area (TPSA) is 20.3 Å². The molecule has 0 rings (SSSR count). The Morgan fingerprint density at radius 2 is 1.43 bits per heavy atom. The zero-order chi connectivity index (χ0) is 16.7. The summed E-state index contributed by atoms with van der Waals surface area (Å²) in [7, 11) is 0. The Bertz CT molecular complexity index is 346. The molecule has 0 N–H and O–H groups in total. The molecule has 124 valence electrons. The number of halogens is 3. The van der Waals surface area contributed by atoms with Crippen LogP contribution >= 0.6 is 0 Å². The third-order valence-corrected chi connectivity index (χ3v) is 2.96. The van der Waals surface area contributed by atoms with Gasteiger partial charge in [0.15, 0.2) is 0 Å². The first kappa shape index (κ1) is 20.0. The number of hydrogen-bond acceptors (Lipinski definition) is 1. The molecule has 0 saturated carbocycles. The Kier molecular flexibility index (Phi) is 8.04. The average Bonchev–Trinajstić information content (AvgIpc) is 2.33. The van der Waals surface area contributed by atoms with Crippen LogP contribution in [0.3, 0.4) is 0 Å². The van der Waals surface area contributed by atoms with Gasteiger partial charge in [0.05, 0.1) is 0 Å². The summed E-state index contributed by atoms with van der Waals surface area (Å²) in [6.07, 6.45) is -0.437. The van der Waals surface area contributed by atoms with Gasteiger partial charge in [-0.15, -0.1) is 0 Å². The number of amides is 1. The maximum atomic E-state index is 13.2. The van der Waals surface area contributed by atoms with E-state index in [1.165, 1.54) is 4.90 Å². The predicted octanol–water partition coefficient (Wildman–Crippen LogP) is 4.95. The van der Waals surface area contributed by atoms with Crippen molar-refractivity contribution in [1.29, 1.82) is 0 Å². The highest BCUT2D eigenvalue weighted by molar-refractivity contribution is 5.94. The molecular formula is C16H28F3NO. The van der Waals surface area contributed by atoms with E-state index in [1.807, 2.05) is 13.8 Å². The van der Waals surface area contributed by atoms with Gasteiger partial charge in [-0.05, 0) is 18.3 Å². The van der Waals surface area contributed by atoms with Crippen LogP contribution in [0.1, 0.15) is 60.3 Å². The van der Waals surface area contributed by atoms with Gasteiger partial charge in [0.2, 0.25) is 0 Å². The molecule has 0 heterocycles. The molecule has 0 aromatic heterocycles. The summed E-state index contributed by atoms with van der Waals surface area (Å²) in [6.45, 7) is 9.66. The first-order chi connectivity index (χ1) is 9.53. The van der Waals surface area contributed by atoms with Crippen LogP contribution in [0.5, 0.6) is 0 Å². The minimum atomic E-state index is -4.61. The lowest BCUT2D eigenvalue weighted by atomic mass is 9.92. The van der Waals surface area contributed by atoms with E-state index in [1.54, 1.807) is 20.8 Å². The van der Waals surface area contributed by atoms with Crippen molar-refractivity contribution in [1.82, 2.24) is 4.90 Å². The summed E-state index contributed by atoms with van der Waals surface area (Å²) < 4.78 is 39.6. The SMILES string of the molecule is CCCCN(CCCC)C(=O)/C(=C\C(C)(C)C)C(F)(F)F. The number of carbonyl (C=O) groups excluding carboxylic acids is 1. The lowest BCUT2D eigenvalue weighted by Gasteiger charge is -2.26. The Morgan fingerprint density at radius 3 is 1.71 bits per heavy atom. The van der Waals surface area contributed by atoms with Gasteiger partial charge in [-0.1, -0.05) is 53.5 Å². The van der Waals surface area contributed by atoms with Crippen LogP contribution in [0.4, 0.5) is 13.2 Å². The van der Waals surface area contributed by atoms with Gasteiger partial charge in [-0.2, -0.15) is 13.2 Å². The van der Waals surface area contributed by atoms with Crippen LogP contribution in [0.15, 0.2) is 11.6 Å². The third-order valence-electron chi connectivity index (χ3n) is 2.96. The largest absolute Gasteiger partial charge is 0.421 e. The van der Waals surface area contributed by atoms with Crippen molar-refractivity contribution < 1.29 is 18.0 Å². The van der Waals surface area contributed by atoms with E-state index in [4.69, 9.17) is 0 Å². The van der Waals surface area contributed by atoms with Crippen LogP contribution in [-0.2, 0) is 4.79 Å². The van der Waals surface area contributed by atoms with Crippen molar-refractivity contribution in [3.05, 3.63) is 11.6 Å². The van der Waals surface area contributed by atoms with Gasteiger partial charge in [0, 0.05) is 13.1 Å². The van der Waals surface area contributed by atoms with E-state index >= 15 is 0 Å². The molecule has 0 bridgehead atoms. The Hall–Kier alpha value is -1.00. The maximum Gasteiger partial charge on any atom is 0.421 e. The summed E-state index contributed by atoms with van der Waals surface area (Å²) in [5.74, 6) is -0.890. The molecule has 0 aliphatic heterocycles. The predicted molar refractivity (Wildman–Crippen MR) is 80.0 cm³/mol. The molecule has 0 spiro atoms. The van der Waals surface area contributed by atoms with Gasteiger partial charge in [-0.3, -0.25) is 4.79 Å². The second-order valence-corrected chi connectivity index (χ2v) is 6.42.